The van der Waals surface area contributed by atoms with Gasteiger partial charge in [-0.2, -0.15) is 5.26 Å². The molecule has 1 aliphatic rings. The number of nitrogens with zero attached hydrogens (tertiary/aromatic N) is 2. The van der Waals surface area contributed by atoms with Gasteiger partial charge in [0.25, 0.3) is 0 Å². The van der Waals surface area contributed by atoms with Crippen LogP contribution in [0.25, 0.3) is 0 Å². The first kappa shape index (κ1) is 12.1. The molecule has 1 aromatic rings. The zero-order valence-corrected chi connectivity index (χ0v) is 9.67. The van der Waals surface area contributed by atoms with Crippen LogP contribution in [0.1, 0.15) is 22.3 Å². The predicted molar refractivity (Wildman–Crippen MR) is 64.5 cm³/mol. The van der Waals surface area contributed by atoms with Gasteiger partial charge < -0.3 is 14.8 Å². The van der Waals surface area contributed by atoms with E-state index in [0.717, 1.165) is 24.9 Å². The van der Waals surface area contributed by atoms with Gasteiger partial charge in [0.1, 0.15) is 12.4 Å². The van der Waals surface area contributed by atoms with Crippen molar-refractivity contribution in [3.8, 4) is 6.07 Å². The van der Waals surface area contributed by atoms with Crippen LogP contribution in [-0.4, -0.2) is 30.5 Å². The summed E-state index contributed by atoms with van der Waals surface area (Å²) in [6.45, 7) is 1.38. The molecule has 1 aliphatic heterocycles. The Hall–Kier alpha value is -2.35. The van der Waals surface area contributed by atoms with Gasteiger partial charge in [0.2, 0.25) is 0 Å². The summed E-state index contributed by atoms with van der Waals surface area (Å²) >= 11 is 0. The maximum atomic E-state index is 10.9. The summed E-state index contributed by atoms with van der Waals surface area (Å²) in [6, 6.07) is 6.57. The Labute approximate surface area is 104 Å². The quantitative estimate of drug-likeness (QED) is 0.810. The number of aldehydes is 1. The van der Waals surface area contributed by atoms with E-state index in [2.05, 4.69) is 0 Å². The summed E-state index contributed by atoms with van der Waals surface area (Å²) in [7, 11) is 0. The van der Waals surface area contributed by atoms with Crippen molar-refractivity contribution in [2.45, 2.75) is 6.42 Å². The molecule has 2 rings (SSSR count). The standard InChI is InChI=1S/C13H12N2O3/c14-6-10-5-11(1-2-12(10)13(17)18)15-4-3-9(7-15)8-16/h1-2,5,8-9H,3-4,7H2,(H,17,18). The number of hydrogen-bond donors (Lipinski definition) is 1. The minimum atomic E-state index is -1.11. The van der Waals surface area contributed by atoms with Crippen molar-refractivity contribution in [2.75, 3.05) is 18.0 Å². The van der Waals surface area contributed by atoms with Gasteiger partial charge in [0.05, 0.1) is 11.1 Å². The predicted octanol–water partition coefficient (Wildman–Crippen LogP) is 1.28. The van der Waals surface area contributed by atoms with Crippen LogP contribution in [0.3, 0.4) is 0 Å². The van der Waals surface area contributed by atoms with Crippen LogP contribution >= 0.6 is 0 Å². The molecule has 0 bridgehead atoms. The van der Waals surface area contributed by atoms with E-state index < -0.39 is 5.97 Å². The molecule has 0 aromatic heterocycles. The minimum Gasteiger partial charge on any atom is -0.478 e. The highest BCUT2D eigenvalue weighted by molar-refractivity contribution is 5.91. The number of anilines is 1. The van der Waals surface area contributed by atoms with Crippen molar-refractivity contribution < 1.29 is 14.7 Å². The molecule has 5 nitrogen and oxygen atoms in total. The number of aromatic carboxylic acids is 1. The maximum Gasteiger partial charge on any atom is 0.337 e. The van der Waals surface area contributed by atoms with Crippen LogP contribution in [0.5, 0.6) is 0 Å². The summed E-state index contributed by atoms with van der Waals surface area (Å²) in [5.41, 5.74) is 0.947. The lowest BCUT2D eigenvalue weighted by Gasteiger charge is -2.18. The fourth-order valence-electron chi connectivity index (χ4n) is 2.14. The van der Waals surface area contributed by atoms with Crippen LogP contribution < -0.4 is 4.90 Å². The topological polar surface area (TPSA) is 81.4 Å². The number of carboxylic acids is 1. The maximum absolute atomic E-state index is 10.9. The number of carboxylic acid groups (broad SMARTS) is 1. The van der Waals surface area contributed by atoms with Crippen LogP contribution in [0.4, 0.5) is 5.69 Å². The second kappa shape index (κ2) is 4.88. The van der Waals surface area contributed by atoms with Gasteiger partial charge >= 0.3 is 5.97 Å². The van der Waals surface area contributed by atoms with E-state index >= 15 is 0 Å². The highest BCUT2D eigenvalue weighted by Gasteiger charge is 2.23. The Morgan fingerprint density at radius 1 is 1.56 bits per heavy atom. The van der Waals surface area contributed by atoms with E-state index in [1.54, 1.807) is 12.1 Å². The Balaban J connectivity index is 2.29. The summed E-state index contributed by atoms with van der Waals surface area (Å²) in [5.74, 6) is -1.08. The third-order valence-electron chi connectivity index (χ3n) is 3.14. The van der Waals surface area contributed by atoms with E-state index in [-0.39, 0.29) is 17.0 Å². The molecule has 0 radical (unpaired) electrons. The minimum absolute atomic E-state index is 0.00684. The first-order valence-corrected chi connectivity index (χ1v) is 5.63. The monoisotopic (exact) mass is 244 g/mol. The summed E-state index contributed by atoms with van der Waals surface area (Å²) in [5, 5.41) is 17.9. The highest BCUT2D eigenvalue weighted by atomic mass is 16.4. The number of hydrogen-bond acceptors (Lipinski definition) is 4. The average Bonchev–Trinajstić information content (AvgIpc) is 2.86. The largest absolute Gasteiger partial charge is 0.478 e. The second-order valence-electron chi connectivity index (χ2n) is 4.28. The highest BCUT2D eigenvalue weighted by Crippen LogP contribution is 2.25. The molecule has 1 unspecified atom stereocenters. The Bertz CT molecular complexity index is 534. The molecule has 1 N–H and O–H groups in total. The molecule has 1 heterocycles. The Kier molecular flexibility index (Phi) is 3.28. The fraction of sp³-hybridized carbons (Fsp3) is 0.308. The Morgan fingerprint density at radius 2 is 2.33 bits per heavy atom. The molecule has 18 heavy (non-hydrogen) atoms. The SMILES string of the molecule is N#Cc1cc(N2CCC(C=O)C2)ccc1C(=O)O. The molecule has 0 saturated carbocycles. The van der Waals surface area contributed by atoms with Gasteiger partial charge in [-0.3, -0.25) is 0 Å². The molecule has 92 valence electrons. The van der Waals surface area contributed by atoms with E-state index in [9.17, 15) is 9.59 Å². The van der Waals surface area contributed by atoms with Crippen LogP contribution in [0.2, 0.25) is 0 Å². The zero-order valence-electron chi connectivity index (χ0n) is 9.67. The molecule has 0 amide bonds. The number of carbonyl (C=O) groups is 2. The van der Waals surface area contributed by atoms with Crippen molar-refractivity contribution in [3.05, 3.63) is 29.3 Å². The zero-order chi connectivity index (χ0) is 13.1. The van der Waals surface area contributed by atoms with Crippen molar-refractivity contribution in [1.82, 2.24) is 0 Å². The lowest BCUT2D eigenvalue weighted by molar-refractivity contribution is -0.110. The number of rotatable bonds is 3. The van der Waals surface area contributed by atoms with Crippen molar-refractivity contribution in [3.63, 3.8) is 0 Å². The first-order chi connectivity index (χ1) is 8.65. The van der Waals surface area contributed by atoms with Gasteiger partial charge in [-0.05, 0) is 24.6 Å². The van der Waals surface area contributed by atoms with E-state index in [0.29, 0.717) is 6.54 Å². The van der Waals surface area contributed by atoms with Gasteiger partial charge in [-0.1, -0.05) is 0 Å². The van der Waals surface area contributed by atoms with Crippen molar-refractivity contribution in [1.29, 1.82) is 5.26 Å². The normalized spacial score (nSPS) is 18.4. The summed E-state index contributed by atoms with van der Waals surface area (Å²) < 4.78 is 0. The van der Waals surface area contributed by atoms with E-state index in [1.807, 2.05) is 11.0 Å². The van der Waals surface area contributed by atoms with Crippen LogP contribution in [0.15, 0.2) is 18.2 Å². The molecular formula is C13H12N2O3. The third kappa shape index (κ3) is 2.18. The van der Waals surface area contributed by atoms with Gasteiger partial charge in [0.15, 0.2) is 0 Å². The van der Waals surface area contributed by atoms with Gasteiger partial charge in [-0.15, -0.1) is 0 Å². The molecule has 1 atom stereocenters. The van der Waals surface area contributed by atoms with Gasteiger partial charge in [0, 0.05) is 24.7 Å². The van der Waals surface area contributed by atoms with E-state index in [4.69, 9.17) is 10.4 Å². The molecule has 0 spiro atoms. The molecule has 1 saturated heterocycles. The molecule has 5 heteroatoms. The molecule has 1 aromatic carbocycles. The fourth-order valence-corrected chi connectivity index (χ4v) is 2.14. The smallest absolute Gasteiger partial charge is 0.337 e. The first-order valence-electron chi connectivity index (χ1n) is 5.63. The number of benzene rings is 1. The van der Waals surface area contributed by atoms with Crippen LogP contribution in [-0.2, 0) is 4.79 Å². The molecule has 1 fully saturated rings. The lowest BCUT2D eigenvalue weighted by Crippen LogP contribution is -2.20. The van der Waals surface area contributed by atoms with Gasteiger partial charge in [-0.25, -0.2) is 4.79 Å². The average molecular weight is 244 g/mol. The van der Waals surface area contributed by atoms with E-state index in [1.165, 1.54) is 6.07 Å². The molecule has 0 aliphatic carbocycles. The number of carbonyl (C=O) groups excluding carboxylic acids is 1. The van der Waals surface area contributed by atoms with Crippen molar-refractivity contribution >= 4 is 17.9 Å². The van der Waals surface area contributed by atoms with Crippen LogP contribution in [0, 0.1) is 17.2 Å². The lowest BCUT2D eigenvalue weighted by atomic mass is 10.1. The second-order valence-corrected chi connectivity index (χ2v) is 4.28. The van der Waals surface area contributed by atoms with Crippen molar-refractivity contribution in [2.24, 2.45) is 5.92 Å². The number of nitriles is 1. The molecular weight excluding hydrogens is 232 g/mol. The summed E-state index contributed by atoms with van der Waals surface area (Å²) in [6.07, 6.45) is 1.74. The summed E-state index contributed by atoms with van der Waals surface area (Å²) in [4.78, 5) is 23.6. The Morgan fingerprint density at radius 3 is 2.89 bits per heavy atom. The third-order valence-corrected chi connectivity index (χ3v) is 3.14.